The highest BCUT2D eigenvalue weighted by molar-refractivity contribution is 5.94. The number of hydrogen-bond acceptors (Lipinski definition) is 7. The van der Waals surface area contributed by atoms with Crippen LogP contribution in [0.1, 0.15) is 47.6 Å². The van der Waals surface area contributed by atoms with Gasteiger partial charge in [-0.1, -0.05) is 17.3 Å². The molecule has 0 bridgehead atoms. The van der Waals surface area contributed by atoms with Gasteiger partial charge in [-0.3, -0.25) is 9.69 Å². The lowest BCUT2D eigenvalue weighted by Crippen LogP contribution is -2.48. The number of aromatic nitrogens is 2. The minimum absolute atomic E-state index is 0.0591. The van der Waals surface area contributed by atoms with E-state index in [2.05, 4.69) is 15.0 Å². The summed E-state index contributed by atoms with van der Waals surface area (Å²) in [5.41, 5.74) is 7.33. The Bertz CT molecular complexity index is 738. The Morgan fingerprint density at radius 2 is 1.96 bits per heavy atom. The number of rotatable bonds is 7. The molecule has 8 heteroatoms. The summed E-state index contributed by atoms with van der Waals surface area (Å²) in [5, 5.41) is 3.99. The molecule has 1 aliphatic rings. The van der Waals surface area contributed by atoms with Gasteiger partial charge in [0.05, 0.1) is 6.54 Å². The molecule has 0 spiro atoms. The smallest absolute Gasteiger partial charge is 0.253 e. The average molecular weight is 373 g/mol. The van der Waals surface area contributed by atoms with Gasteiger partial charge < -0.3 is 19.9 Å². The van der Waals surface area contributed by atoms with Crippen molar-refractivity contribution in [3.8, 4) is 0 Å². The second kappa shape index (κ2) is 9.07. The number of nitrogens with zero attached hydrogens (tertiary/aromatic N) is 4. The summed E-state index contributed by atoms with van der Waals surface area (Å²) >= 11 is 0. The first-order valence-electron chi connectivity index (χ1n) is 9.35. The minimum atomic E-state index is -0.173. The van der Waals surface area contributed by atoms with Gasteiger partial charge in [0.25, 0.3) is 5.91 Å². The van der Waals surface area contributed by atoms with Crippen molar-refractivity contribution in [1.82, 2.24) is 19.9 Å². The molecule has 2 heterocycles. The molecule has 0 saturated carbocycles. The Kier molecular flexibility index (Phi) is 6.54. The molecule has 1 aliphatic heterocycles. The summed E-state index contributed by atoms with van der Waals surface area (Å²) in [6.45, 7) is 8.40. The monoisotopic (exact) mass is 373 g/mol. The third-order valence-corrected chi connectivity index (χ3v) is 4.72. The molecular weight excluding hydrogens is 346 g/mol. The number of amides is 1. The van der Waals surface area contributed by atoms with Crippen LogP contribution in [0.2, 0.25) is 0 Å². The lowest BCUT2D eigenvalue weighted by atomic mass is 10.1. The summed E-state index contributed by atoms with van der Waals surface area (Å²) in [6.07, 6.45) is -0.173. The maximum Gasteiger partial charge on any atom is 0.253 e. The molecule has 1 fully saturated rings. The van der Waals surface area contributed by atoms with Gasteiger partial charge in [-0.05, 0) is 31.5 Å². The Morgan fingerprint density at radius 3 is 2.59 bits per heavy atom. The van der Waals surface area contributed by atoms with E-state index in [1.54, 1.807) is 0 Å². The van der Waals surface area contributed by atoms with Crippen molar-refractivity contribution < 1.29 is 14.1 Å². The predicted molar refractivity (Wildman–Crippen MR) is 99.9 cm³/mol. The van der Waals surface area contributed by atoms with E-state index in [0.717, 1.165) is 18.7 Å². The van der Waals surface area contributed by atoms with Gasteiger partial charge >= 0.3 is 0 Å². The molecule has 1 aromatic carbocycles. The molecule has 1 amide bonds. The average Bonchev–Trinajstić information content (AvgIpc) is 3.17. The topological polar surface area (TPSA) is 97.7 Å². The maximum absolute atomic E-state index is 12.6. The van der Waals surface area contributed by atoms with E-state index in [1.165, 1.54) is 0 Å². The summed E-state index contributed by atoms with van der Waals surface area (Å²) in [5.74, 6) is 1.21. The van der Waals surface area contributed by atoms with Crippen molar-refractivity contribution >= 4 is 5.91 Å². The molecule has 3 rings (SSSR count). The Balaban J connectivity index is 1.50. The minimum Gasteiger partial charge on any atom is -0.371 e. The van der Waals surface area contributed by atoms with Crippen molar-refractivity contribution in [2.24, 2.45) is 5.73 Å². The van der Waals surface area contributed by atoms with Gasteiger partial charge in [0.2, 0.25) is 5.89 Å². The molecule has 2 aromatic rings. The zero-order valence-electron chi connectivity index (χ0n) is 15.9. The van der Waals surface area contributed by atoms with Crippen LogP contribution in [0.4, 0.5) is 0 Å². The van der Waals surface area contributed by atoms with Gasteiger partial charge in [0.1, 0.15) is 6.10 Å². The van der Waals surface area contributed by atoms with Crippen molar-refractivity contribution in [2.45, 2.75) is 33.0 Å². The van der Waals surface area contributed by atoms with E-state index in [0.29, 0.717) is 50.1 Å². The Labute approximate surface area is 159 Å². The normalized spacial score (nSPS) is 16.5. The second-order valence-electron chi connectivity index (χ2n) is 6.61. The van der Waals surface area contributed by atoms with Crippen LogP contribution in [0.25, 0.3) is 0 Å². The van der Waals surface area contributed by atoms with E-state index in [1.807, 2.05) is 43.0 Å². The first-order valence-corrected chi connectivity index (χ1v) is 9.35. The van der Waals surface area contributed by atoms with Crippen LogP contribution in [-0.4, -0.2) is 58.6 Å². The van der Waals surface area contributed by atoms with E-state index in [-0.39, 0.29) is 12.0 Å². The van der Waals surface area contributed by atoms with Gasteiger partial charge in [-0.25, -0.2) is 0 Å². The van der Waals surface area contributed by atoms with Gasteiger partial charge in [-0.15, -0.1) is 0 Å². The molecule has 1 atom stereocenters. The van der Waals surface area contributed by atoms with Crippen LogP contribution in [-0.2, 0) is 17.8 Å². The SMILES string of the molecule is CCOC(C)c1noc(CN2CCN(C(=O)c3ccc(CN)cc3)CC2)n1. The number of nitrogens with two attached hydrogens (primary N) is 1. The number of carbonyl (C=O) groups is 1. The highest BCUT2D eigenvalue weighted by atomic mass is 16.5. The molecule has 1 unspecified atom stereocenters. The van der Waals surface area contributed by atoms with Crippen LogP contribution in [0.15, 0.2) is 28.8 Å². The molecule has 146 valence electrons. The maximum atomic E-state index is 12.6. The number of carbonyl (C=O) groups excluding carboxylic acids is 1. The largest absolute Gasteiger partial charge is 0.371 e. The first-order chi connectivity index (χ1) is 13.1. The molecular formula is C19H27N5O3. The Hall–Kier alpha value is -2.29. The second-order valence-corrected chi connectivity index (χ2v) is 6.61. The van der Waals surface area contributed by atoms with Gasteiger partial charge in [0, 0.05) is 44.9 Å². The lowest BCUT2D eigenvalue weighted by Gasteiger charge is -2.34. The third kappa shape index (κ3) is 4.91. The van der Waals surface area contributed by atoms with Gasteiger partial charge in [-0.2, -0.15) is 4.98 Å². The van der Waals surface area contributed by atoms with Crippen molar-refractivity contribution in [3.63, 3.8) is 0 Å². The summed E-state index contributed by atoms with van der Waals surface area (Å²) in [4.78, 5) is 21.1. The van der Waals surface area contributed by atoms with Crippen LogP contribution in [0.3, 0.4) is 0 Å². The molecule has 0 radical (unpaired) electrons. The first kappa shape index (κ1) is 19.5. The molecule has 0 aliphatic carbocycles. The standard InChI is InChI=1S/C19H27N5O3/c1-3-26-14(2)18-21-17(27-22-18)13-23-8-10-24(11-9-23)19(25)16-6-4-15(12-20)5-7-16/h4-7,14H,3,8-13,20H2,1-2H3. The van der Waals surface area contributed by atoms with E-state index >= 15 is 0 Å². The fourth-order valence-corrected chi connectivity index (χ4v) is 3.09. The molecule has 1 saturated heterocycles. The molecule has 8 nitrogen and oxygen atoms in total. The summed E-state index contributed by atoms with van der Waals surface area (Å²) in [7, 11) is 0. The lowest BCUT2D eigenvalue weighted by molar-refractivity contribution is 0.0615. The van der Waals surface area contributed by atoms with Crippen LogP contribution >= 0.6 is 0 Å². The van der Waals surface area contributed by atoms with Crippen molar-refractivity contribution in [1.29, 1.82) is 0 Å². The number of piperazine rings is 1. The molecule has 27 heavy (non-hydrogen) atoms. The van der Waals surface area contributed by atoms with E-state index in [9.17, 15) is 4.79 Å². The third-order valence-electron chi connectivity index (χ3n) is 4.72. The summed E-state index contributed by atoms with van der Waals surface area (Å²) in [6, 6.07) is 7.49. The number of hydrogen-bond donors (Lipinski definition) is 1. The molecule has 1 aromatic heterocycles. The summed E-state index contributed by atoms with van der Waals surface area (Å²) < 4.78 is 10.8. The van der Waals surface area contributed by atoms with Crippen LogP contribution in [0.5, 0.6) is 0 Å². The number of benzene rings is 1. The highest BCUT2D eigenvalue weighted by Gasteiger charge is 2.24. The predicted octanol–water partition coefficient (Wildman–Crippen LogP) is 1.58. The fraction of sp³-hybridized carbons (Fsp3) is 0.526. The zero-order valence-corrected chi connectivity index (χ0v) is 15.9. The van der Waals surface area contributed by atoms with Crippen molar-refractivity contribution in [3.05, 3.63) is 47.1 Å². The fourth-order valence-electron chi connectivity index (χ4n) is 3.09. The zero-order chi connectivity index (χ0) is 19.2. The number of ether oxygens (including phenoxy) is 1. The highest BCUT2D eigenvalue weighted by Crippen LogP contribution is 2.15. The van der Waals surface area contributed by atoms with E-state index in [4.69, 9.17) is 15.0 Å². The Morgan fingerprint density at radius 1 is 1.26 bits per heavy atom. The molecule has 2 N–H and O–H groups in total. The quantitative estimate of drug-likeness (QED) is 0.787. The van der Waals surface area contributed by atoms with Gasteiger partial charge in [0.15, 0.2) is 5.82 Å². The van der Waals surface area contributed by atoms with Crippen LogP contribution < -0.4 is 5.73 Å². The van der Waals surface area contributed by atoms with Crippen molar-refractivity contribution in [2.75, 3.05) is 32.8 Å². The van der Waals surface area contributed by atoms with E-state index < -0.39 is 0 Å². The van der Waals surface area contributed by atoms with Crippen LogP contribution in [0, 0.1) is 0 Å².